The number of aromatic nitrogens is 1. The maximum absolute atomic E-state index is 14.4. The summed E-state index contributed by atoms with van der Waals surface area (Å²) in [5.74, 6) is -1.89. The van der Waals surface area contributed by atoms with Crippen LogP contribution in [0.4, 0.5) is 0 Å². The van der Waals surface area contributed by atoms with Crippen LogP contribution in [0.1, 0.15) is 70.4 Å². The van der Waals surface area contributed by atoms with Crippen LogP contribution in [0, 0.1) is 12.1 Å². The number of hydrogen-bond acceptors (Lipinski definition) is 6. The first kappa shape index (κ1) is 31.2. The molecule has 0 unspecified atom stereocenters. The van der Waals surface area contributed by atoms with Gasteiger partial charge in [-0.3, -0.25) is 14.4 Å². The fourth-order valence-electron chi connectivity index (χ4n) is 6.11. The monoisotopic (exact) mass is 646 g/mol. The molecule has 2 N–H and O–H groups in total. The Hall–Kier alpha value is -3.22. The van der Waals surface area contributed by atoms with Crippen molar-refractivity contribution >= 4 is 45.0 Å². The summed E-state index contributed by atoms with van der Waals surface area (Å²) in [6.07, 6.45) is 5.01. The molecule has 228 valence electrons. The zero-order chi connectivity index (χ0) is 30.9. The Labute approximate surface area is 260 Å². The predicted molar refractivity (Wildman–Crippen MR) is 162 cm³/mol. The van der Waals surface area contributed by atoms with E-state index in [1.54, 1.807) is 53.4 Å². The summed E-state index contributed by atoms with van der Waals surface area (Å²) >= 11 is 13.0. The molecule has 0 saturated heterocycles. The zero-order valence-corrected chi connectivity index (χ0v) is 26.0. The number of fused-ring (bicyclic) bond motifs is 1. The molecule has 2 aromatic carbocycles. The molecular weight excluding hydrogens is 615 g/mol. The van der Waals surface area contributed by atoms with E-state index in [1.807, 2.05) is 13.0 Å². The van der Waals surface area contributed by atoms with Gasteiger partial charge in [-0.25, -0.2) is 18.6 Å². The van der Waals surface area contributed by atoms with Crippen LogP contribution in [0.25, 0.3) is 0 Å². The summed E-state index contributed by atoms with van der Waals surface area (Å²) in [5, 5.41) is 12.7. The first-order valence-electron chi connectivity index (χ1n) is 13.9. The molecule has 2 aliphatic rings. The van der Waals surface area contributed by atoms with Crippen LogP contribution in [-0.4, -0.2) is 43.5 Å². The lowest BCUT2D eigenvalue weighted by Crippen LogP contribution is -2.59. The van der Waals surface area contributed by atoms with Crippen LogP contribution in [0.2, 0.25) is 10.0 Å². The van der Waals surface area contributed by atoms with Crippen molar-refractivity contribution in [1.82, 2.24) is 15.1 Å². The minimum atomic E-state index is -3.61. The van der Waals surface area contributed by atoms with Gasteiger partial charge in [0.2, 0.25) is 15.7 Å². The summed E-state index contributed by atoms with van der Waals surface area (Å²) in [5.41, 5.74) is 4.90. The molecule has 1 aliphatic heterocycles. The first-order valence-corrected chi connectivity index (χ1v) is 16.5. The van der Waals surface area contributed by atoms with Crippen LogP contribution in [0.3, 0.4) is 0 Å². The van der Waals surface area contributed by atoms with Crippen LogP contribution in [0.15, 0.2) is 60.8 Å². The number of amides is 2. The van der Waals surface area contributed by atoms with Crippen molar-refractivity contribution in [3.63, 3.8) is 0 Å². The molecule has 2 amide bonds. The number of nitrogens with one attached hydrogen (secondary N) is 2. The second kappa shape index (κ2) is 12.8. The van der Waals surface area contributed by atoms with E-state index in [-0.39, 0.29) is 23.2 Å². The van der Waals surface area contributed by atoms with Crippen molar-refractivity contribution in [2.75, 3.05) is 6.26 Å². The fraction of sp³-hybridized carbons (Fsp3) is 0.367. The van der Waals surface area contributed by atoms with Crippen LogP contribution >= 0.6 is 23.2 Å². The van der Waals surface area contributed by atoms with Crippen molar-refractivity contribution in [3.8, 4) is 0 Å². The number of carbonyl (C=O) groups is 2. The van der Waals surface area contributed by atoms with Gasteiger partial charge in [-0.15, -0.1) is 0 Å². The molecule has 43 heavy (non-hydrogen) atoms. The smallest absolute Gasteiger partial charge is 0.255 e. The Kier molecular flexibility index (Phi) is 9.29. The summed E-state index contributed by atoms with van der Waals surface area (Å²) in [7, 11) is -3.61. The molecule has 3 aromatic rings. The number of rotatable bonds is 8. The average molecular weight is 648 g/mol. The molecule has 10 nitrogen and oxygen atoms in total. The van der Waals surface area contributed by atoms with Gasteiger partial charge in [0.15, 0.2) is 12.8 Å². The lowest BCUT2D eigenvalue weighted by Gasteiger charge is -2.49. The van der Waals surface area contributed by atoms with Crippen molar-refractivity contribution in [2.24, 2.45) is 0 Å². The minimum absolute atomic E-state index is 0.193. The number of hydrogen-bond donors (Lipinski definition) is 2. The number of pyridine rings is 1. The lowest BCUT2D eigenvalue weighted by atomic mass is 9.76. The minimum Gasteiger partial charge on any atom is -0.618 e. The topological polar surface area (TPSA) is 132 Å². The average Bonchev–Trinajstić information content (AvgIpc) is 2.94. The molecule has 4 atom stereocenters. The number of benzene rings is 2. The molecule has 2 heterocycles. The van der Waals surface area contributed by atoms with E-state index in [1.165, 1.54) is 6.20 Å². The molecule has 1 aliphatic carbocycles. The van der Waals surface area contributed by atoms with Gasteiger partial charge in [-0.05, 0) is 55.2 Å². The van der Waals surface area contributed by atoms with Gasteiger partial charge in [0.1, 0.15) is 0 Å². The third-order valence-corrected chi connectivity index (χ3v) is 9.23. The van der Waals surface area contributed by atoms with Crippen LogP contribution in [0.5, 0.6) is 0 Å². The van der Waals surface area contributed by atoms with Gasteiger partial charge in [-0.2, -0.15) is 4.73 Å². The SMILES string of the molecule is Cc1ccc2c(c1)C(=O)N([C@H]1CCCC[C@@H]1NS(C)(=O)=O)[C@@H](c1ccc(Cl)cc1Cl)[C@@H]2C(=O)NOCc1cccc[n+]1[O-]. The Balaban J connectivity index is 1.62. The third-order valence-electron chi connectivity index (χ3n) is 7.94. The van der Waals surface area contributed by atoms with Gasteiger partial charge < -0.3 is 10.1 Å². The van der Waals surface area contributed by atoms with E-state index in [2.05, 4.69) is 10.2 Å². The van der Waals surface area contributed by atoms with E-state index in [0.717, 1.165) is 24.7 Å². The Bertz CT molecular complexity index is 1650. The van der Waals surface area contributed by atoms with Crippen LogP contribution in [-0.2, 0) is 26.3 Å². The molecule has 1 fully saturated rings. The standard InChI is InChI=1S/C30H32Cl2N4O6S/c1-18-10-12-21-23(15-18)30(38)36(26-9-4-3-8-25(26)34-43(2,40)41)28(22-13-11-19(31)16-24(22)32)27(21)29(37)33-42-17-20-7-5-6-14-35(20)39/h5-7,10-16,25-28,34H,3-4,8-9,17H2,1-2H3,(H,33,37)/t25-,26-,27+,28-/m0/s1. The number of nitrogens with zero attached hydrogens (tertiary/aromatic N) is 2. The molecule has 0 radical (unpaired) electrons. The molecule has 5 rings (SSSR count). The van der Waals surface area contributed by atoms with E-state index in [4.69, 9.17) is 28.0 Å². The third kappa shape index (κ3) is 6.81. The highest BCUT2D eigenvalue weighted by atomic mass is 35.5. The number of sulfonamides is 1. The molecule has 13 heteroatoms. The normalized spacial score (nSPS) is 22.2. The summed E-state index contributed by atoms with van der Waals surface area (Å²) in [6, 6.07) is 12.9. The predicted octanol–water partition coefficient (Wildman–Crippen LogP) is 4.32. The Morgan fingerprint density at radius 1 is 1.09 bits per heavy atom. The number of hydroxylamine groups is 1. The van der Waals surface area contributed by atoms with Gasteiger partial charge in [0.25, 0.3) is 11.8 Å². The Morgan fingerprint density at radius 2 is 1.84 bits per heavy atom. The highest BCUT2D eigenvalue weighted by Crippen LogP contribution is 2.48. The Morgan fingerprint density at radius 3 is 2.56 bits per heavy atom. The van der Waals surface area contributed by atoms with E-state index in [9.17, 15) is 23.2 Å². The summed E-state index contributed by atoms with van der Waals surface area (Å²) in [6.45, 7) is 1.66. The highest BCUT2D eigenvalue weighted by molar-refractivity contribution is 7.88. The van der Waals surface area contributed by atoms with E-state index < -0.39 is 40.0 Å². The zero-order valence-electron chi connectivity index (χ0n) is 23.6. The molecule has 1 aromatic heterocycles. The lowest BCUT2D eigenvalue weighted by molar-refractivity contribution is -0.616. The summed E-state index contributed by atoms with van der Waals surface area (Å²) < 4.78 is 28.1. The quantitative estimate of drug-likeness (QED) is 0.213. The van der Waals surface area contributed by atoms with Gasteiger partial charge in [-0.1, -0.05) is 59.8 Å². The van der Waals surface area contributed by atoms with Gasteiger partial charge in [0.05, 0.1) is 18.2 Å². The van der Waals surface area contributed by atoms with Crippen molar-refractivity contribution in [2.45, 2.75) is 63.3 Å². The van der Waals surface area contributed by atoms with E-state index in [0.29, 0.717) is 39.3 Å². The molecule has 0 spiro atoms. The molecule has 0 bridgehead atoms. The number of aryl methyl sites for hydroxylation is 1. The van der Waals surface area contributed by atoms with Gasteiger partial charge in [0, 0.05) is 39.8 Å². The largest absolute Gasteiger partial charge is 0.618 e. The summed E-state index contributed by atoms with van der Waals surface area (Å²) in [4.78, 5) is 35.6. The second-order valence-electron chi connectivity index (χ2n) is 11.0. The van der Waals surface area contributed by atoms with Crippen LogP contribution < -0.4 is 14.9 Å². The highest BCUT2D eigenvalue weighted by Gasteiger charge is 2.49. The van der Waals surface area contributed by atoms with E-state index >= 15 is 0 Å². The molecular formula is C30H32Cl2N4O6S. The number of halogens is 2. The maximum atomic E-state index is 14.4. The molecule has 1 saturated carbocycles. The van der Waals surface area contributed by atoms with Crippen molar-refractivity contribution < 1.29 is 27.6 Å². The number of carbonyl (C=O) groups excluding carboxylic acids is 2. The maximum Gasteiger partial charge on any atom is 0.255 e. The van der Waals surface area contributed by atoms with Crippen molar-refractivity contribution in [1.29, 1.82) is 0 Å². The fourth-order valence-corrected chi connectivity index (χ4v) is 7.46. The second-order valence-corrected chi connectivity index (χ2v) is 13.6. The van der Waals surface area contributed by atoms with Crippen molar-refractivity contribution in [3.05, 3.63) is 104 Å². The first-order chi connectivity index (χ1) is 20.4. The van der Waals surface area contributed by atoms with Gasteiger partial charge >= 0.3 is 0 Å².